The maximum Gasteiger partial charge on any atom is 0.162 e. The van der Waals surface area contributed by atoms with Gasteiger partial charge in [-0.05, 0) is 61.1 Å². The van der Waals surface area contributed by atoms with Gasteiger partial charge in [-0.3, -0.25) is 0 Å². The summed E-state index contributed by atoms with van der Waals surface area (Å²) in [6, 6.07) is 7.63. The SMILES string of the molecule is CN(C)C.CNCC(O)COc1cccc(-c2nc(-c3c(C)noc3C)c(C)c(N3CCOCC3)n2)c1. The minimum Gasteiger partial charge on any atom is -0.491 e. The van der Waals surface area contributed by atoms with Crippen molar-refractivity contribution in [2.75, 3.05) is 72.5 Å². The van der Waals surface area contributed by atoms with E-state index in [-0.39, 0.29) is 6.61 Å². The molecule has 10 heteroatoms. The Kier molecular flexibility index (Phi) is 10.4. The molecule has 0 aliphatic carbocycles. The van der Waals surface area contributed by atoms with Crippen LogP contribution in [0.4, 0.5) is 5.82 Å². The first-order valence-corrected chi connectivity index (χ1v) is 12.5. The van der Waals surface area contributed by atoms with E-state index in [0.717, 1.165) is 52.7 Å². The van der Waals surface area contributed by atoms with Gasteiger partial charge in [-0.15, -0.1) is 0 Å². The molecule has 1 saturated heterocycles. The van der Waals surface area contributed by atoms with Crippen LogP contribution in [-0.4, -0.2) is 98.9 Å². The Hall–Kier alpha value is -3.05. The summed E-state index contributed by atoms with van der Waals surface area (Å²) < 4.78 is 16.8. The van der Waals surface area contributed by atoms with Gasteiger partial charge in [0.2, 0.25) is 0 Å². The standard InChI is InChI=1S/C24H31N5O4.C3H9N/c1-15-22(21-16(2)28-33-17(21)3)26-23(27-24(15)29-8-10-31-11-9-29)18-6-5-7-20(12-18)32-14-19(30)13-25-4;1-4(2)3/h5-7,12,19,25,30H,8-11,13-14H2,1-4H3;1-3H3. The molecule has 0 radical (unpaired) electrons. The van der Waals surface area contributed by atoms with Gasteiger partial charge in [0.05, 0.1) is 30.2 Å². The second-order valence-electron chi connectivity index (χ2n) is 9.53. The predicted octanol–water partition coefficient (Wildman–Crippen LogP) is 2.70. The minimum absolute atomic E-state index is 0.197. The fraction of sp³-hybridized carbons (Fsp3) is 0.519. The molecule has 3 heterocycles. The third kappa shape index (κ3) is 7.72. The average molecular weight is 513 g/mol. The summed E-state index contributed by atoms with van der Waals surface area (Å²) >= 11 is 0. The third-order valence-corrected chi connectivity index (χ3v) is 5.68. The first-order valence-electron chi connectivity index (χ1n) is 12.5. The fourth-order valence-electron chi connectivity index (χ4n) is 3.99. The number of hydrogen-bond donors (Lipinski definition) is 2. The summed E-state index contributed by atoms with van der Waals surface area (Å²) in [4.78, 5) is 14.1. The van der Waals surface area contributed by atoms with Crippen LogP contribution in [0.25, 0.3) is 22.6 Å². The zero-order valence-electron chi connectivity index (χ0n) is 23.0. The van der Waals surface area contributed by atoms with Crippen LogP contribution in [-0.2, 0) is 4.74 Å². The van der Waals surface area contributed by atoms with Crippen LogP contribution in [0.5, 0.6) is 5.75 Å². The topological polar surface area (TPSA) is 109 Å². The largest absolute Gasteiger partial charge is 0.491 e. The van der Waals surface area contributed by atoms with E-state index in [1.54, 1.807) is 7.05 Å². The highest BCUT2D eigenvalue weighted by atomic mass is 16.5. The molecule has 4 rings (SSSR count). The van der Waals surface area contributed by atoms with Crippen molar-refractivity contribution in [3.63, 3.8) is 0 Å². The second kappa shape index (κ2) is 13.5. The quantitative estimate of drug-likeness (QED) is 0.468. The van der Waals surface area contributed by atoms with Crippen LogP contribution in [0.2, 0.25) is 0 Å². The maximum absolute atomic E-state index is 9.96. The lowest BCUT2D eigenvalue weighted by Crippen LogP contribution is -2.37. The lowest BCUT2D eigenvalue weighted by molar-refractivity contribution is 0.108. The molecule has 0 spiro atoms. The molecule has 1 aliphatic heterocycles. The van der Waals surface area contributed by atoms with Crippen molar-refractivity contribution < 1.29 is 19.1 Å². The monoisotopic (exact) mass is 512 g/mol. The first kappa shape index (κ1) is 28.5. The van der Waals surface area contributed by atoms with Gasteiger partial charge in [0.25, 0.3) is 0 Å². The van der Waals surface area contributed by atoms with E-state index in [1.165, 1.54) is 0 Å². The van der Waals surface area contributed by atoms with Crippen LogP contribution >= 0.6 is 0 Å². The van der Waals surface area contributed by atoms with Gasteiger partial charge in [0.1, 0.15) is 30.0 Å². The molecule has 1 aliphatic rings. The molecule has 3 aromatic rings. The number of aryl methyl sites for hydroxylation is 2. The number of nitrogens with one attached hydrogen (secondary N) is 1. The summed E-state index contributed by atoms with van der Waals surface area (Å²) in [5.74, 6) is 2.86. The molecule has 1 fully saturated rings. The van der Waals surface area contributed by atoms with Crippen molar-refractivity contribution >= 4 is 5.82 Å². The van der Waals surface area contributed by atoms with Gasteiger partial charge in [-0.25, -0.2) is 9.97 Å². The molecule has 1 atom stereocenters. The molecular formula is C27H40N6O4. The number of benzene rings is 1. The zero-order valence-corrected chi connectivity index (χ0v) is 23.0. The summed E-state index contributed by atoms with van der Waals surface area (Å²) in [6.07, 6.45) is -0.589. The second-order valence-corrected chi connectivity index (χ2v) is 9.53. The number of aliphatic hydroxyl groups is 1. The number of aromatic nitrogens is 3. The number of aliphatic hydroxyl groups excluding tert-OH is 1. The Morgan fingerprint density at radius 2 is 1.84 bits per heavy atom. The van der Waals surface area contributed by atoms with Crippen molar-refractivity contribution in [1.82, 2.24) is 25.3 Å². The smallest absolute Gasteiger partial charge is 0.162 e. The number of ether oxygens (including phenoxy) is 2. The summed E-state index contributed by atoms with van der Waals surface area (Å²) in [6.45, 7) is 9.39. The molecule has 37 heavy (non-hydrogen) atoms. The van der Waals surface area contributed by atoms with E-state index < -0.39 is 6.10 Å². The number of hydrogen-bond acceptors (Lipinski definition) is 10. The van der Waals surface area contributed by atoms with Crippen LogP contribution in [0, 0.1) is 20.8 Å². The number of likely N-dealkylation sites (N-methyl/N-ethyl adjacent to an activating group) is 1. The summed E-state index contributed by atoms with van der Waals surface area (Å²) in [5.41, 5.74) is 4.32. The highest BCUT2D eigenvalue weighted by Gasteiger charge is 2.24. The molecule has 2 aromatic heterocycles. The molecular weight excluding hydrogens is 472 g/mol. The average Bonchev–Trinajstić information content (AvgIpc) is 3.21. The number of anilines is 1. The Morgan fingerprint density at radius 1 is 1.14 bits per heavy atom. The molecule has 1 aromatic carbocycles. The Morgan fingerprint density at radius 3 is 2.46 bits per heavy atom. The number of rotatable bonds is 8. The Labute approximate surface area is 219 Å². The van der Waals surface area contributed by atoms with Crippen molar-refractivity contribution in [3.05, 3.63) is 41.3 Å². The fourth-order valence-corrected chi connectivity index (χ4v) is 3.99. The van der Waals surface area contributed by atoms with E-state index in [1.807, 2.05) is 71.1 Å². The van der Waals surface area contributed by atoms with Crippen molar-refractivity contribution in [2.24, 2.45) is 0 Å². The molecule has 202 valence electrons. The minimum atomic E-state index is -0.589. The van der Waals surface area contributed by atoms with Crippen molar-refractivity contribution in [1.29, 1.82) is 0 Å². The van der Waals surface area contributed by atoms with Gasteiger partial charge in [-0.2, -0.15) is 0 Å². The van der Waals surface area contributed by atoms with E-state index in [0.29, 0.717) is 31.3 Å². The van der Waals surface area contributed by atoms with E-state index in [2.05, 4.69) is 15.4 Å². The normalized spacial score (nSPS) is 14.4. The highest BCUT2D eigenvalue weighted by molar-refractivity contribution is 5.75. The predicted molar refractivity (Wildman–Crippen MR) is 145 cm³/mol. The van der Waals surface area contributed by atoms with Gasteiger partial charge in [0, 0.05) is 30.8 Å². The third-order valence-electron chi connectivity index (χ3n) is 5.68. The van der Waals surface area contributed by atoms with Gasteiger partial charge in [-0.1, -0.05) is 17.3 Å². The highest BCUT2D eigenvalue weighted by Crippen LogP contribution is 2.35. The van der Waals surface area contributed by atoms with Crippen molar-refractivity contribution in [3.8, 4) is 28.4 Å². The molecule has 0 saturated carbocycles. The lowest BCUT2D eigenvalue weighted by atomic mass is 10.0. The van der Waals surface area contributed by atoms with Crippen LogP contribution in [0.3, 0.4) is 0 Å². The zero-order chi connectivity index (χ0) is 26.9. The maximum atomic E-state index is 9.96. The molecule has 0 bridgehead atoms. The van der Waals surface area contributed by atoms with Crippen molar-refractivity contribution in [2.45, 2.75) is 26.9 Å². The Bertz CT molecular complexity index is 1120. The van der Waals surface area contributed by atoms with Gasteiger partial charge >= 0.3 is 0 Å². The lowest BCUT2D eigenvalue weighted by Gasteiger charge is -2.30. The van der Waals surface area contributed by atoms with Gasteiger partial charge < -0.3 is 34.2 Å². The van der Waals surface area contributed by atoms with Crippen LogP contribution < -0.4 is 15.0 Å². The molecule has 2 N–H and O–H groups in total. The number of nitrogens with zero attached hydrogens (tertiary/aromatic N) is 5. The van der Waals surface area contributed by atoms with Crippen LogP contribution in [0.15, 0.2) is 28.8 Å². The van der Waals surface area contributed by atoms with E-state index in [4.69, 9.17) is 24.0 Å². The Balaban J connectivity index is 0.000000886. The first-order chi connectivity index (χ1) is 17.7. The molecule has 1 unspecified atom stereocenters. The van der Waals surface area contributed by atoms with E-state index >= 15 is 0 Å². The van der Waals surface area contributed by atoms with Crippen LogP contribution in [0.1, 0.15) is 17.0 Å². The van der Waals surface area contributed by atoms with E-state index in [9.17, 15) is 5.11 Å². The molecule has 0 amide bonds. The van der Waals surface area contributed by atoms with Gasteiger partial charge in [0.15, 0.2) is 5.82 Å². The summed E-state index contributed by atoms with van der Waals surface area (Å²) in [7, 11) is 7.79. The molecule has 10 nitrogen and oxygen atoms in total. The number of morpholine rings is 1. The summed E-state index contributed by atoms with van der Waals surface area (Å²) in [5, 5.41) is 17.0.